The van der Waals surface area contributed by atoms with Crippen LogP contribution in [0.1, 0.15) is 24.1 Å². The van der Waals surface area contributed by atoms with Gasteiger partial charge in [0.2, 0.25) is 0 Å². The van der Waals surface area contributed by atoms with Gasteiger partial charge in [0.1, 0.15) is 0 Å². The third-order valence-corrected chi connectivity index (χ3v) is 3.49. The second-order valence-electron chi connectivity index (χ2n) is 5.20. The summed E-state index contributed by atoms with van der Waals surface area (Å²) in [7, 11) is 0. The number of nitrogens with two attached hydrogens (primary N) is 1. The van der Waals surface area contributed by atoms with Crippen LogP contribution in [0.3, 0.4) is 0 Å². The van der Waals surface area contributed by atoms with Crippen molar-refractivity contribution in [2.45, 2.75) is 32.0 Å². The van der Waals surface area contributed by atoms with Crippen LogP contribution in [0.25, 0.3) is 0 Å². The Balaban J connectivity index is 0.00000147. The Kier molecular flexibility index (Phi) is 4.99. The number of rotatable bonds is 5. The van der Waals surface area contributed by atoms with Gasteiger partial charge >= 0.3 is 0 Å². The van der Waals surface area contributed by atoms with Gasteiger partial charge in [-0.05, 0) is 42.7 Å². The van der Waals surface area contributed by atoms with E-state index in [-0.39, 0.29) is 12.4 Å². The Morgan fingerprint density at radius 1 is 1.10 bits per heavy atom. The molecule has 4 heteroatoms. The van der Waals surface area contributed by atoms with Crippen molar-refractivity contribution in [3.8, 4) is 0 Å². The summed E-state index contributed by atoms with van der Waals surface area (Å²) in [6, 6.07) is 15.0. The molecule has 2 aromatic rings. The van der Waals surface area contributed by atoms with E-state index in [1.54, 1.807) is 0 Å². The lowest BCUT2D eigenvalue weighted by molar-refractivity contribution is 0.243. The molecule has 0 atom stereocenters. The Hall–Kier alpha value is -1.58. The summed E-state index contributed by atoms with van der Waals surface area (Å²) in [4.78, 5) is 6.92. The Morgan fingerprint density at radius 3 is 2.60 bits per heavy atom. The first-order chi connectivity index (χ1) is 9.31. The maximum atomic E-state index is 5.85. The lowest BCUT2D eigenvalue weighted by Gasteiger charge is -2.21. The standard InChI is InChI=1S/C16H19N3.ClH/c17-14-5-3-4-13(10-14)11-19(16-7-8-16)12-15-6-1-2-9-18-15;/h1-6,9-10,16H,7-8,11-12,17H2;1H. The molecule has 0 aliphatic heterocycles. The molecule has 20 heavy (non-hydrogen) atoms. The van der Waals surface area contributed by atoms with E-state index < -0.39 is 0 Å². The second-order valence-corrected chi connectivity index (χ2v) is 5.20. The van der Waals surface area contributed by atoms with E-state index in [4.69, 9.17) is 5.73 Å². The predicted octanol–water partition coefficient (Wildman–Crippen LogP) is 3.25. The molecule has 0 radical (unpaired) electrons. The van der Waals surface area contributed by atoms with Crippen molar-refractivity contribution < 1.29 is 0 Å². The smallest absolute Gasteiger partial charge is 0.0544 e. The summed E-state index contributed by atoms with van der Waals surface area (Å²) in [6.45, 7) is 1.87. The highest BCUT2D eigenvalue weighted by molar-refractivity contribution is 5.85. The number of anilines is 1. The van der Waals surface area contributed by atoms with Gasteiger partial charge in [0, 0.05) is 31.0 Å². The number of pyridine rings is 1. The maximum Gasteiger partial charge on any atom is 0.0544 e. The average Bonchev–Trinajstić information content (AvgIpc) is 3.23. The van der Waals surface area contributed by atoms with Crippen molar-refractivity contribution in [1.29, 1.82) is 0 Å². The van der Waals surface area contributed by atoms with Crippen molar-refractivity contribution >= 4 is 18.1 Å². The minimum Gasteiger partial charge on any atom is -0.399 e. The minimum atomic E-state index is 0. The van der Waals surface area contributed by atoms with Crippen LogP contribution in [-0.4, -0.2) is 15.9 Å². The number of benzene rings is 1. The molecule has 1 aromatic carbocycles. The van der Waals surface area contributed by atoms with E-state index in [0.717, 1.165) is 24.5 Å². The quantitative estimate of drug-likeness (QED) is 0.859. The number of hydrogen-bond donors (Lipinski definition) is 1. The fourth-order valence-electron chi connectivity index (χ4n) is 2.38. The average molecular weight is 290 g/mol. The van der Waals surface area contributed by atoms with Gasteiger partial charge in [0.15, 0.2) is 0 Å². The zero-order valence-corrected chi connectivity index (χ0v) is 12.2. The SMILES string of the molecule is Cl.Nc1cccc(CN(Cc2ccccn2)C2CC2)c1. The van der Waals surface area contributed by atoms with Gasteiger partial charge in [-0.25, -0.2) is 0 Å². The minimum absolute atomic E-state index is 0. The van der Waals surface area contributed by atoms with Gasteiger partial charge in [-0.2, -0.15) is 0 Å². The maximum absolute atomic E-state index is 5.85. The van der Waals surface area contributed by atoms with Gasteiger partial charge in [-0.1, -0.05) is 18.2 Å². The van der Waals surface area contributed by atoms with Crippen LogP contribution in [0, 0.1) is 0 Å². The van der Waals surface area contributed by atoms with E-state index in [0.29, 0.717) is 6.04 Å². The Labute approximate surface area is 126 Å². The van der Waals surface area contributed by atoms with Crippen LogP contribution in [0.4, 0.5) is 5.69 Å². The first-order valence-corrected chi connectivity index (χ1v) is 6.79. The summed E-state index contributed by atoms with van der Waals surface area (Å²) in [5.41, 5.74) is 9.10. The van der Waals surface area contributed by atoms with Gasteiger partial charge < -0.3 is 5.73 Å². The molecule has 1 fully saturated rings. The Morgan fingerprint density at radius 2 is 1.95 bits per heavy atom. The molecular weight excluding hydrogens is 270 g/mol. The molecular formula is C16H20ClN3. The largest absolute Gasteiger partial charge is 0.399 e. The normalized spacial score (nSPS) is 14.1. The lowest BCUT2D eigenvalue weighted by atomic mass is 10.2. The van der Waals surface area contributed by atoms with E-state index in [9.17, 15) is 0 Å². The van der Waals surface area contributed by atoms with Crippen LogP contribution < -0.4 is 5.73 Å². The van der Waals surface area contributed by atoms with Crippen LogP contribution in [0.15, 0.2) is 48.7 Å². The monoisotopic (exact) mass is 289 g/mol. The summed E-state index contributed by atoms with van der Waals surface area (Å²) >= 11 is 0. The van der Waals surface area contributed by atoms with Crippen LogP contribution in [0.5, 0.6) is 0 Å². The lowest BCUT2D eigenvalue weighted by Crippen LogP contribution is -2.25. The number of nitrogen functional groups attached to an aromatic ring is 1. The topological polar surface area (TPSA) is 42.1 Å². The van der Waals surface area contributed by atoms with Crippen LogP contribution in [-0.2, 0) is 13.1 Å². The molecule has 0 unspecified atom stereocenters. The highest BCUT2D eigenvalue weighted by Crippen LogP contribution is 2.29. The number of halogens is 1. The molecule has 0 bridgehead atoms. The van der Waals surface area contributed by atoms with E-state index >= 15 is 0 Å². The molecule has 1 aliphatic carbocycles. The van der Waals surface area contributed by atoms with Gasteiger partial charge in [-0.15, -0.1) is 12.4 Å². The van der Waals surface area contributed by atoms with Gasteiger partial charge in [0.05, 0.1) is 5.69 Å². The van der Waals surface area contributed by atoms with Crippen LogP contribution in [0.2, 0.25) is 0 Å². The number of hydrogen-bond acceptors (Lipinski definition) is 3. The second kappa shape index (κ2) is 6.73. The highest BCUT2D eigenvalue weighted by Gasteiger charge is 2.29. The first kappa shape index (κ1) is 14.8. The number of nitrogens with zero attached hydrogens (tertiary/aromatic N) is 2. The van der Waals surface area contributed by atoms with Crippen molar-refractivity contribution in [2.24, 2.45) is 0 Å². The molecule has 106 valence electrons. The fraction of sp³-hybridized carbons (Fsp3) is 0.312. The van der Waals surface area contributed by atoms with Crippen molar-refractivity contribution in [3.05, 3.63) is 59.9 Å². The van der Waals surface area contributed by atoms with E-state index in [1.807, 2.05) is 30.5 Å². The summed E-state index contributed by atoms with van der Waals surface area (Å²) in [5, 5.41) is 0. The summed E-state index contributed by atoms with van der Waals surface area (Å²) < 4.78 is 0. The molecule has 2 N–H and O–H groups in total. The zero-order chi connectivity index (χ0) is 13.1. The predicted molar refractivity (Wildman–Crippen MR) is 84.6 cm³/mol. The van der Waals surface area contributed by atoms with E-state index in [1.165, 1.54) is 18.4 Å². The molecule has 1 aromatic heterocycles. The van der Waals surface area contributed by atoms with Crippen LogP contribution >= 0.6 is 12.4 Å². The van der Waals surface area contributed by atoms with E-state index in [2.05, 4.69) is 28.1 Å². The third kappa shape index (κ3) is 3.95. The molecule has 1 aliphatic rings. The molecule has 0 spiro atoms. The highest BCUT2D eigenvalue weighted by atomic mass is 35.5. The molecule has 0 amide bonds. The third-order valence-electron chi connectivity index (χ3n) is 3.49. The number of aromatic nitrogens is 1. The van der Waals surface area contributed by atoms with Crippen molar-refractivity contribution in [3.63, 3.8) is 0 Å². The van der Waals surface area contributed by atoms with Crippen molar-refractivity contribution in [1.82, 2.24) is 9.88 Å². The first-order valence-electron chi connectivity index (χ1n) is 6.79. The summed E-state index contributed by atoms with van der Waals surface area (Å²) in [6.07, 6.45) is 4.46. The molecule has 1 heterocycles. The molecule has 3 nitrogen and oxygen atoms in total. The zero-order valence-electron chi connectivity index (χ0n) is 11.4. The summed E-state index contributed by atoms with van der Waals surface area (Å²) in [5.74, 6) is 0. The van der Waals surface area contributed by atoms with Gasteiger partial charge in [-0.3, -0.25) is 9.88 Å². The Bertz CT molecular complexity index is 540. The molecule has 0 saturated heterocycles. The molecule has 3 rings (SSSR count). The van der Waals surface area contributed by atoms with Crippen molar-refractivity contribution in [2.75, 3.05) is 5.73 Å². The fourth-order valence-corrected chi connectivity index (χ4v) is 2.38. The molecule has 1 saturated carbocycles. The van der Waals surface area contributed by atoms with Gasteiger partial charge in [0.25, 0.3) is 0 Å².